The zero-order valence-corrected chi connectivity index (χ0v) is 42.8. The normalized spacial score (nSPS) is 19.3. The maximum atomic E-state index is 13.6. The molecule has 2 aliphatic carbocycles. The maximum Gasteiger partial charge on any atom is 0.410 e. The molecule has 0 unspecified atom stereocenters. The van der Waals surface area contributed by atoms with Gasteiger partial charge in [-0.05, 0) is 156 Å². The smallest absolute Gasteiger partial charge is 0.410 e. The van der Waals surface area contributed by atoms with Gasteiger partial charge < -0.3 is 35.4 Å². The van der Waals surface area contributed by atoms with Crippen LogP contribution in [0.4, 0.5) is 34.0 Å². The van der Waals surface area contributed by atoms with Crippen molar-refractivity contribution in [2.45, 2.75) is 88.8 Å². The second kappa shape index (κ2) is 23.8. The Kier molecular flexibility index (Phi) is 16.8. The first-order valence-electron chi connectivity index (χ1n) is 26.1. The number of amides is 1. The molecule has 2 aromatic heterocycles. The number of halogens is 4. The number of ether oxygens (including phenoxy) is 1. The van der Waals surface area contributed by atoms with E-state index in [1.165, 1.54) is 58.7 Å². The van der Waals surface area contributed by atoms with Crippen molar-refractivity contribution in [1.29, 1.82) is 0 Å². The zero-order chi connectivity index (χ0) is 52.6. The standard InChI is InChI=1S/C31H37F2N5O3.C26H29F2N5O/c1-31(2,3)41-30(40)37-17-15-36(16-18-37)28-29(39)38(25-12-10-23(33)11-13-25)20-24(35-28)5-4-14-34-27-19-26(27)21-6-8-22(32)9-7-21;27-19-5-3-18(4-6-19)23-16-24(23)30-11-1-2-21-17-33(22-9-7-20(28)8-10-22)26(34)25(31-21)32-14-12-29-13-15-32/h6-13,20,26-27,34H,4-5,14-19H2,1-3H3;3-10,17,23-24,29-30H,1-2,11-16H2/t26-,27+;23-,24+/m00/s1. The van der Waals surface area contributed by atoms with E-state index >= 15 is 0 Å². The van der Waals surface area contributed by atoms with Crippen molar-refractivity contribution in [1.82, 2.24) is 40.0 Å². The Labute approximate surface area is 434 Å². The highest BCUT2D eigenvalue weighted by Gasteiger charge is 2.38. The molecule has 6 aromatic rings. The van der Waals surface area contributed by atoms with E-state index in [1.54, 1.807) is 46.1 Å². The van der Waals surface area contributed by atoms with E-state index in [2.05, 4.69) is 16.0 Å². The topological polar surface area (TPSA) is 142 Å². The van der Waals surface area contributed by atoms with E-state index in [9.17, 15) is 31.9 Å². The minimum atomic E-state index is -0.580. The van der Waals surface area contributed by atoms with Crippen molar-refractivity contribution in [3.05, 3.63) is 176 Å². The lowest BCUT2D eigenvalue weighted by molar-refractivity contribution is 0.0240. The number of hydrogen-bond acceptors (Lipinski definition) is 11. The molecule has 0 bridgehead atoms. The summed E-state index contributed by atoms with van der Waals surface area (Å²) in [6, 6.07) is 26.0. The molecule has 3 N–H and O–H groups in total. The van der Waals surface area contributed by atoms with E-state index in [4.69, 9.17) is 14.7 Å². The number of rotatable bonds is 16. The first-order valence-corrected chi connectivity index (χ1v) is 26.1. The van der Waals surface area contributed by atoms with Gasteiger partial charge in [0.15, 0.2) is 11.6 Å². The van der Waals surface area contributed by atoms with Crippen LogP contribution in [0.25, 0.3) is 11.4 Å². The number of carbonyl (C=O) groups excluding carboxylic acids is 1. The third-order valence-corrected chi connectivity index (χ3v) is 13.9. The second-order valence-electron chi connectivity index (χ2n) is 20.7. The lowest BCUT2D eigenvalue weighted by Gasteiger charge is -2.36. The van der Waals surface area contributed by atoms with E-state index < -0.39 is 5.60 Å². The number of benzene rings is 4. The van der Waals surface area contributed by atoms with Crippen LogP contribution < -0.4 is 36.9 Å². The minimum Gasteiger partial charge on any atom is -0.444 e. The summed E-state index contributed by atoms with van der Waals surface area (Å²) in [5.74, 6) is 0.481. The Balaban J connectivity index is 0.000000187. The fraction of sp³-hybridized carbons (Fsp3) is 0.421. The molecular weight excluding hydrogens is 965 g/mol. The minimum absolute atomic E-state index is 0.185. The van der Waals surface area contributed by atoms with E-state index in [1.807, 2.05) is 54.8 Å². The fourth-order valence-electron chi connectivity index (χ4n) is 9.71. The molecule has 4 aromatic carbocycles. The first-order chi connectivity index (χ1) is 36.2. The Bertz CT molecular complexity index is 2990. The molecule has 75 heavy (non-hydrogen) atoms. The van der Waals surface area contributed by atoms with Gasteiger partial charge in [-0.1, -0.05) is 24.3 Å². The molecule has 14 nitrogen and oxygen atoms in total. The van der Waals surface area contributed by atoms with Gasteiger partial charge >= 0.3 is 6.09 Å². The van der Waals surface area contributed by atoms with Gasteiger partial charge in [-0.3, -0.25) is 18.7 Å². The fourth-order valence-corrected chi connectivity index (χ4v) is 9.71. The van der Waals surface area contributed by atoms with Gasteiger partial charge in [-0.15, -0.1) is 0 Å². The van der Waals surface area contributed by atoms with Gasteiger partial charge in [-0.25, -0.2) is 32.3 Å². The van der Waals surface area contributed by atoms with Gasteiger partial charge in [-0.2, -0.15) is 0 Å². The molecule has 18 heteroatoms. The molecule has 4 fully saturated rings. The number of anilines is 2. The van der Waals surface area contributed by atoms with E-state index in [-0.39, 0.29) is 40.5 Å². The molecular formula is C57H66F4N10O4. The maximum absolute atomic E-state index is 13.6. The largest absolute Gasteiger partial charge is 0.444 e. The number of nitrogens with zero attached hydrogens (tertiary/aromatic N) is 7. The number of hydrogen-bond donors (Lipinski definition) is 3. The number of aryl methyl sites for hydroxylation is 2. The summed E-state index contributed by atoms with van der Waals surface area (Å²) in [4.78, 5) is 54.4. The zero-order valence-electron chi connectivity index (χ0n) is 42.8. The van der Waals surface area contributed by atoms with Crippen LogP contribution in [0.15, 0.2) is 119 Å². The van der Waals surface area contributed by atoms with Crippen LogP contribution in [0.2, 0.25) is 0 Å². The van der Waals surface area contributed by atoms with Gasteiger partial charge in [0, 0.05) is 100 Å². The SMILES string of the molecule is CC(C)(C)OC(=O)N1CCN(c2nc(CCCN[C@@H]3C[C@H]3c3ccc(F)cc3)cn(-c3ccc(F)cc3)c2=O)CC1.O=c1c(N2CCNCC2)nc(CCCN[C@@H]2C[C@H]2c2ccc(F)cc2)cn1-c1ccc(F)cc1. The van der Waals surface area contributed by atoms with Crippen LogP contribution in [0.3, 0.4) is 0 Å². The van der Waals surface area contributed by atoms with Crippen molar-refractivity contribution in [3.8, 4) is 11.4 Å². The van der Waals surface area contributed by atoms with E-state index in [0.29, 0.717) is 79.5 Å². The molecule has 0 spiro atoms. The molecule has 4 atom stereocenters. The predicted molar refractivity (Wildman–Crippen MR) is 282 cm³/mol. The summed E-state index contributed by atoms with van der Waals surface area (Å²) in [6.45, 7) is 11.9. The summed E-state index contributed by atoms with van der Waals surface area (Å²) < 4.78 is 62.0. The molecule has 10 rings (SSSR count). The second-order valence-corrected chi connectivity index (χ2v) is 20.7. The summed E-state index contributed by atoms with van der Waals surface area (Å²) in [5, 5.41) is 10.5. The van der Waals surface area contributed by atoms with Crippen LogP contribution in [-0.2, 0) is 17.6 Å². The molecule has 2 saturated heterocycles. The van der Waals surface area contributed by atoms with Crippen LogP contribution in [0, 0.1) is 23.3 Å². The summed E-state index contributed by atoms with van der Waals surface area (Å²) in [6.07, 6.45) is 8.29. The predicted octanol–water partition coefficient (Wildman–Crippen LogP) is 7.64. The van der Waals surface area contributed by atoms with Crippen molar-refractivity contribution >= 4 is 17.7 Å². The molecule has 2 saturated carbocycles. The first kappa shape index (κ1) is 53.0. The molecule has 396 valence electrons. The van der Waals surface area contributed by atoms with Gasteiger partial charge in [0.2, 0.25) is 0 Å². The molecule has 4 aliphatic rings. The van der Waals surface area contributed by atoms with Gasteiger partial charge in [0.25, 0.3) is 11.1 Å². The van der Waals surface area contributed by atoms with E-state index in [0.717, 1.165) is 88.3 Å². The monoisotopic (exact) mass is 1030 g/mol. The van der Waals surface area contributed by atoms with Crippen LogP contribution >= 0.6 is 0 Å². The Morgan fingerprint density at radius 2 is 0.973 bits per heavy atom. The quantitative estimate of drug-likeness (QED) is 0.0651. The average Bonchev–Trinajstić information content (AvgIpc) is 4.35. The van der Waals surface area contributed by atoms with Crippen LogP contribution in [-0.4, -0.2) is 113 Å². The number of nitrogens with one attached hydrogen (secondary N) is 3. The number of carbonyl (C=O) groups is 1. The Morgan fingerprint density at radius 3 is 1.37 bits per heavy atom. The van der Waals surface area contributed by atoms with Crippen molar-refractivity contribution in [2.75, 3.05) is 75.2 Å². The van der Waals surface area contributed by atoms with Gasteiger partial charge in [0.1, 0.15) is 28.9 Å². The molecule has 2 aliphatic heterocycles. The lowest BCUT2D eigenvalue weighted by atomic mass is 10.1. The third kappa shape index (κ3) is 14.1. The Morgan fingerprint density at radius 1 is 0.587 bits per heavy atom. The average molecular weight is 1030 g/mol. The van der Waals surface area contributed by atoms with Gasteiger partial charge in [0.05, 0.1) is 11.4 Å². The molecule has 4 heterocycles. The Hall–Kier alpha value is -6.89. The highest BCUT2D eigenvalue weighted by Crippen LogP contribution is 2.41. The van der Waals surface area contributed by atoms with Crippen molar-refractivity contribution in [3.63, 3.8) is 0 Å². The van der Waals surface area contributed by atoms with Crippen LogP contribution in [0.1, 0.15) is 80.8 Å². The highest BCUT2D eigenvalue weighted by molar-refractivity contribution is 5.68. The number of aromatic nitrogens is 4. The highest BCUT2D eigenvalue weighted by atomic mass is 19.1. The number of piperazine rings is 2. The molecule has 0 radical (unpaired) electrons. The summed E-state index contributed by atoms with van der Waals surface area (Å²) in [7, 11) is 0. The molecule has 1 amide bonds. The van der Waals surface area contributed by atoms with Crippen molar-refractivity contribution in [2.24, 2.45) is 0 Å². The summed E-state index contributed by atoms with van der Waals surface area (Å²) >= 11 is 0. The lowest BCUT2D eigenvalue weighted by Crippen LogP contribution is -2.51. The summed E-state index contributed by atoms with van der Waals surface area (Å²) in [5.41, 5.74) is 4.05. The van der Waals surface area contributed by atoms with Crippen molar-refractivity contribution < 1.29 is 27.1 Å². The van der Waals surface area contributed by atoms with Crippen LogP contribution in [0.5, 0.6) is 0 Å². The third-order valence-electron chi connectivity index (χ3n) is 13.9.